The van der Waals surface area contributed by atoms with Crippen LogP contribution in [0, 0.1) is 5.92 Å². The normalized spacial score (nSPS) is 21.5. The summed E-state index contributed by atoms with van der Waals surface area (Å²) in [6, 6.07) is 2.16. The van der Waals surface area contributed by atoms with Crippen molar-refractivity contribution >= 4 is 22.0 Å². The average molecular weight is 331 g/mol. The highest BCUT2D eigenvalue weighted by molar-refractivity contribution is 7.15. The number of rotatable bonds is 5. The first-order valence-electron chi connectivity index (χ1n) is 8.73. The molecule has 0 amide bonds. The largest absolute Gasteiger partial charge is 0.326 e. The number of hydrogen-bond donors (Lipinski definition) is 0. The second-order valence-corrected chi connectivity index (χ2v) is 7.48. The van der Waals surface area contributed by atoms with Gasteiger partial charge < -0.3 is 9.80 Å². The van der Waals surface area contributed by atoms with Gasteiger partial charge in [-0.3, -0.25) is 4.84 Å². The van der Waals surface area contributed by atoms with Crippen LogP contribution in [0.4, 0.5) is 10.7 Å². The van der Waals surface area contributed by atoms with Crippen LogP contribution in [0.5, 0.6) is 0 Å². The summed E-state index contributed by atoms with van der Waals surface area (Å²) in [5, 5.41) is 5.44. The molecule has 0 saturated carbocycles. The topological polar surface area (TPSA) is 19.0 Å². The van der Waals surface area contributed by atoms with Gasteiger partial charge in [-0.2, -0.15) is 0 Å². The second kappa shape index (κ2) is 6.67. The Bertz CT molecular complexity index is 601. The van der Waals surface area contributed by atoms with Gasteiger partial charge in [0.15, 0.2) is 0 Å². The molecule has 0 spiro atoms. The van der Waals surface area contributed by atoms with Gasteiger partial charge in [-0.05, 0) is 62.3 Å². The van der Waals surface area contributed by atoms with E-state index in [2.05, 4.69) is 46.5 Å². The summed E-state index contributed by atoms with van der Waals surface area (Å²) in [5.41, 5.74) is 2.42. The standard InChI is InChI=1S/C18H25N3OS/c1-2-8-19-10-5-15(6-11-19)14-22-21-13-16-4-3-9-20(16)18-17(21)7-12-23-18/h3-4,7,12-13,15H,2,5-6,8-11,14H2,1H3. The zero-order valence-corrected chi connectivity index (χ0v) is 14.6. The number of anilines is 2. The van der Waals surface area contributed by atoms with E-state index >= 15 is 0 Å². The van der Waals surface area contributed by atoms with E-state index in [1.807, 2.05) is 5.06 Å². The molecule has 1 aromatic heterocycles. The van der Waals surface area contributed by atoms with Gasteiger partial charge in [0.1, 0.15) is 10.7 Å². The fourth-order valence-electron chi connectivity index (χ4n) is 3.63. The molecule has 0 radical (unpaired) electrons. The molecule has 4 heterocycles. The first-order chi connectivity index (χ1) is 11.3. The summed E-state index contributed by atoms with van der Waals surface area (Å²) in [6.07, 6.45) is 10.3. The Hall–Kier alpha value is -1.30. The van der Waals surface area contributed by atoms with E-state index in [0.717, 1.165) is 13.2 Å². The van der Waals surface area contributed by atoms with Crippen LogP contribution in [0.1, 0.15) is 26.2 Å². The summed E-state index contributed by atoms with van der Waals surface area (Å²) in [5.74, 6) is 0.681. The van der Waals surface area contributed by atoms with Gasteiger partial charge in [-0.1, -0.05) is 13.0 Å². The monoisotopic (exact) mass is 331 g/mol. The Morgan fingerprint density at radius 2 is 2.17 bits per heavy atom. The third kappa shape index (κ3) is 3.05. The second-order valence-electron chi connectivity index (χ2n) is 6.58. The molecular formula is C18H25N3OS. The number of hydroxylamine groups is 1. The van der Waals surface area contributed by atoms with Crippen molar-refractivity contribution in [2.24, 2.45) is 5.92 Å². The molecule has 0 aliphatic carbocycles. The maximum atomic E-state index is 6.20. The number of fused-ring (bicyclic) bond motifs is 3. The number of thiophene rings is 1. The number of likely N-dealkylation sites (tertiary alicyclic amines) is 1. The van der Waals surface area contributed by atoms with Crippen LogP contribution >= 0.6 is 11.3 Å². The molecular weight excluding hydrogens is 306 g/mol. The molecule has 0 atom stereocenters. The molecule has 5 heteroatoms. The van der Waals surface area contributed by atoms with Crippen molar-refractivity contribution < 1.29 is 4.84 Å². The third-order valence-electron chi connectivity index (χ3n) is 4.94. The van der Waals surface area contributed by atoms with Crippen LogP contribution in [0.15, 0.2) is 35.5 Å². The minimum absolute atomic E-state index is 0.681. The van der Waals surface area contributed by atoms with E-state index in [4.69, 9.17) is 4.84 Å². The third-order valence-corrected chi connectivity index (χ3v) is 5.87. The lowest BCUT2D eigenvalue weighted by Gasteiger charge is -2.34. The van der Waals surface area contributed by atoms with Gasteiger partial charge in [-0.25, -0.2) is 5.06 Å². The van der Waals surface area contributed by atoms with Crippen LogP contribution in [-0.4, -0.2) is 37.7 Å². The van der Waals surface area contributed by atoms with Gasteiger partial charge in [0, 0.05) is 6.54 Å². The van der Waals surface area contributed by atoms with E-state index in [1.165, 1.54) is 55.3 Å². The fourth-order valence-corrected chi connectivity index (χ4v) is 4.54. The summed E-state index contributed by atoms with van der Waals surface area (Å²) in [6.45, 7) is 7.75. The smallest absolute Gasteiger partial charge is 0.122 e. The number of allylic oxidation sites excluding steroid dienone is 1. The Morgan fingerprint density at radius 1 is 1.30 bits per heavy atom. The van der Waals surface area contributed by atoms with Crippen molar-refractivity contribution in [1.82, 2.24) is 4.90 Å². The van der Waals surface area contributed by atoms with Crippen LogP contribution in [0.2, 0.25) is 0 Å². The van der Waals surface area contributed by atoms with Crippen molar-refractivity contribution in [3.05, 3.63) is 35.5 Å². The van der Waals surface area contributed by atoms with Crippen LogP contribution in [0.25, 0.3) is 0 Å². The van der Waals surface area contributed by atoms with E-state index in [9.17, 15) is 0 Å². The van der Waals surface area contributed by atoms with Crippen LogP contribution < -0.4 is 9.96 Å². The van der Waals surface area contributed by atoms with Crippen LogP contribution in [-0.2, 0) is 4.84 Å². The molecule has 1 saturated heterocycles. The van der Waals surface area contributed by atoms with Gasteiger partial charge in [0.25, 0.3) is 0 Å². The average Bonchev–Trinajstić information content (AvgIpc) is 3.22. The molecule has 0 bridgehead atoms. The number of piperidine rings is 1. The molecule has 3 aliphatic heterocycles. The van der Waals surface area contributed by atoms with E-state index in [-0.39, 0.29) is 0 Å². The molecule has 4 nitrogen and oxygen atoms in total. The molecule has 23 heavy (non-hydrogen) atoms. The minimum Gasteiger partial charge on any atom is -0.326 e. The van der Waals surface area contributed by atoms with E-state index in [1.54, 1.807) is 11.3 Å². The SMILES string of the molecule is CCCN1CCC(CON2C=C3C=CCN3c3sccc32)CC1. The maximum Gasteiger partial charge on any atom is 0.122 e. The molecule has 1 fully saturated rings. The highest BCUT2D eigenvalue weighted by atomic mass is 32.1. The quantitative estimate of drug-likeness (QED) is 0.816. The Labute approximate surface area is 142 Å². The summed E-state index contributed by atoms with van der Waals surface area (Å²) < 4.78 is 0. The van der Waals surface area contributed by atoms with Gasteiger partial charge >= 0.3 is 0 Å². The summed E-state index contributed by atoms with van der Waals surface area (Å²) in [4.78, 5) is 11.1. The lowest BCUT2D eigenvalue weighted by Crippen LogP contribution is -2.37. The lowest BCUT2D eigenvalue weighted by molar-refractivity contribution is 0.0648. The molecule has 3 aliphatic rings. The van der Waals surface area contributed by atoms with Crippen molar-refractivity contribution in [3.8, 4) is 0 Å². The molecule has 1 aromatic rings. The van der Waals surface area contributed by atoms with Crippen molar-refractivity contribution in [1.29, 1.82) is 0 Å². The summed E-state index contributed by atoms with van der Waals surface area (Å²) >= 11 is 1.79. The number of hydrogen-bond acceptors (Lipinski definition) is 5. The zero-order valence-electron chi connectivity index (χ0n) is 13.8. The first kappa shape index (κ1) is 15.2. The highest BCUT2D eigenvalue weighted by Crippen LogP contribution is 2.43. The first-order valence-corrected chi connectivity index (χ1v) is 9.61. The van der Waals surface area contributed by atoms with Gasteiger partial charge in [0.2, 0.25) is 0 Å². The Kier molecular flexibility index (Phi) is 4.42. The Morgan fingerprint density at radius 3 is 3.00 bits per heavy atom. The minimum atomic E-state index is 0.681. The van der Waals surface area contributed by atoms with Crippen LogP contribution in [0.3, 0.4) is 0 Å². The molecule has 0 N–H and O–H groups in total. The molecule has 124 valence electrons. The highest BCUT2D eigenvalue weighted by Gasteiger charge is 2.28. The van der Waals surface area contributed by atoms with Crippen molar-refractivity contribution in [2.75, 3.05) is 42.7 Å². The van der Waals surface area contributed by atoms with E-state index in [0.29, 0.717) is 5.92 Å². The Balaban J connectivity index is 1.36. The number of nitrogens with zero attached hydrogens (tertiary/aromatic N) is 3. The lowest BCUT2D eigenvalue weighted by atomic mass is 9.98. The molecule has 0 unspecified atom stereocenters. The molecule has 0 aromatic carbocycles. The predicted molar refractivity (Wildman–Crippen MR) is 96.8 cm³/mol. The van der Waals surface area contributed by atoms with Gasteiger partial charge in [-0.15, -0.1) is 11.3 Å². The van der Waals surface area contributed by atoms with Crippen molar-refractivity contribution in [3.63, 3.8) is 0 Å². The van der Waals surface area contributed by atoms with Gasteiger partial charge in [0.05, 0.1) is 18.5 Å². The predicted octanol–water partition coefficient (Wildman–Crippen LogP) is 3.84. The maximum absolute atomic E-state index is 6.20. The zero-order chi connectivity index (χ0) is 15.6. The fraction of sp³-hybridized carbons (Fsp3) is 0.556. The summed E-state index contributed by atoms with van der Waals surface area (Å²) in [7, 11) is 0. The molecule has 4 rings (SSSR count). The van der Waals surface area contributed by atoms with E-state index < -0.39 is 0 Å². The van der Waals surface area contributed by atoms with Crippen molar-refractivity contribution in [2.45, 2.75) is 26.2 Å².